The number of aromatic nitrogens is 5. The van der Waals surface area contributed by atoms with E-state index in [1.807, 2.05) is 42.9 Å². The van der Waals surface area contributed by atoms with Crippen LogP contribution < -0.4 is 5.32 Å². The fourth-order valence-corrected chi connectivity index (χ4v) is 3.42. The van der Waals surface area contributed by atoms with Crippen molar-refractivity contribution >= 4 is 18.1 Å². The second-order valence-electron chi connectivity index (χ2n) is 7.63. The maximum Gasteiger partial charge on any atom is 0.255 e. The Morgan fingerprint density at radius 3 is 2.32 bits per heavy atom. The number of aryl methyl sites for hydroxylation is 2. The van der Waals surface area contributed by atoms with Crippen molar-refractivity contribution in [3.05, 3.63) is 87.6 Å². The van der Waals surface area contributed by atoms with Crippen LogP contribution in [0.1, 0.15) is 32.9 Å². The average Bonchev–Trinajstić information content (AvgIpc) is 3.32. The number of carbonyl (C=O) groups excluding carboxylic acids is 1. The van der Waals surface area contributed by atoms with Gasteiger partial charge in [0.05, 0.1) is 18.7 Å². The monoisotopic (exact) mass is 432 g/mol. The number of nitrogens with zero attached hydrogens (tertiary/aromatic N) is 4. The van der Waals surface area contributed by atoms with E-state index < -0.39 is 0 Å². The van der Waals surface area contributed by atoms with Gasteiger partial charge in [0.25, 0.3) is 5.91 Å². The molecule has 0 bridgehead atoms. The maximum atomic E-state index is 13.1. The minimum atomic E-state index is -0.209. The quantitative estimate of drug-likeness (QED) is 0.452. The molecule has 2 heterocycles. The number of aromatic amines is 1. The predicted molar refractivity (Wildman–Crippen MR) is 122 cm³/mol. The van der Waals surface area contributed by atoms with Gasteiger partial charge in [0, 0.05) is 18.8 Å². The van der Waals surface area contributed by atoms with Gasteiger partial charge < -0.3 is 9.88 Å². The Morgan fingerprint density at radius 2 is 1.71 bits per heavy atom. The third-order valence-corrected chi connectivity index (χ3v) is 5.54. The Balaban J connectivity index is 1.63. The summed E-state index contributed by atoms with van der Waals surface area (Å²) in [4.78, 5) is 13.1. The Labute approximate surface area is 185 Å². The highest BCUT2D eigenvalue weighted by molar-refractivity contribution is 7.71. The van der Waals surface area contributed by atoms with Crippen molar-refractivity contribution in [1.29, 1.82) is 0 Å². The Morgan fingerprint density at radius 1 is 1.06 bits per heavy atom. The van der Waals surface area contributed by atoms with E-state index in [4.69, 9.17) is 17.3 Å². The number of hydrogen-bond acceptors (Lipinski definition) is 4. The molecule has 2 N–H and O–H groups in total. The second-order valence-corrected chi connectivity index (χ2v) is 8.01. The zero-order valence-corrected chi connectivity index (χ0v) is 18.5. The Hall–Kier alpha value is -3.52. The first-order chi connectivity index (χ1) is 14.9. The van der Waals surface area contributed by atoms with Crippen LogP contribution in [0.25, 0.3) is 11.3 Å². The third-order valence-electron chi connectivity index (χ3n) is 5.18. The molecule has 0 saturated carbocycles. The second kappa shape index (κ2) is 8.69. The molecule has 8 heteroatoms. The number of benzene rings is 2. The number of nitrogens with one attached hydrogen (secondary N) is 2. The van der Waals surface area contributed by atoms with Crippen LogP contribution in [-0.4, -0.2) is 30.5 Å². The summed E-state index contributed by atoms with van der Waals surface area (Å²) in [6, 6.07) is 16.3. The summed E-state index contributed by atoms with van der Waals surface area (Å²) >= 11 is 5.13. The van der Waals surface area contributed by atoms with E-state index in [1.165, 1.54) is 5.56 Å². The number of amides is 1. The minimum Gasteiger partial charge on any atom is -0.345 e. The summed E-state index contributed by atoms with van der Waals surface area (Å²) in [5.41, 5.74) is 5.55. The molecule has 0 spiro atoms. The molecule has 0 fully saturated rings. The van der Waals surface area contributed by atoms with Gasteiger partial charge in [-0.1, -0.05) is 59.7 Å². The SMILES string of the molecule is Cc1ccc(Cn2cc(C(=O)NCc3n[nH]c(=S)n3C)c(-c3ccc(C)cc3)n2)cc1. The molecule has 0 aliphatic rings. The number of carbonyl (C=O) groups is 1. The van der Waals surface area contributed by atoms with E-state index in [0.717, 1.165) is 16.7 Å². The van der Waals surface area contributed by atoms with E-state index >= 15 is 0 Å². The van der Waals surface area contributed by atoms with Gasteiger partial charge in [-0.25, -0.2) is 0 Å². The summed E-state index contributed by atoms with van der Waals surface area (Å²) in [6.45, 7) is 4.94. The molecule has 0 atom stereocenters. The molecule has 2 aromatic carbocycles. The summed E-state index contributed by atoms with van der Waals surface area (Å²) in [6.07, 6.45) is 1.80. The molecule has 0 aliphatic carbocycles. The lowest BCUT2D eigenvalue weighted by Gasteiger charge is -2.05. The number of rotatable bonds is 6. The van der Waals surface area contributed by atoms with Crippen LogP contribution in [0, 0.1) is 18.6 Å². The summed E-state index contributed by atoms with van der Waals surface area (Å²) in [5, 5.41) is 14.5. The summed E-state index contributed by atoms with van der Waals surface area (Å²) < 4.78 is 4.05. The van der Waals surface area contributed by atoms with Gasteiger partial charge in [0.15, 0.2) is 10.6 Å². The predicted octanol–water partition coefficient (Wildman–Crippen LogP) is 3.94. The van der Waals surface area contributed by atoms with E-state index in [2.05, 4.69) is 46.7 Å². The van der Waals surface area contributed by atoms with Crippen LogP contribution in [0.3, 0.4) is 0 Å². The number of hydrogen-bond donors (Lipinski definition) is 2. The van der Waals surface area contributed by atoms with Gasteiger partial charge in [-0.15, -0.1) is 0 Å². The topological polar surface area (TPSA) is 80.5 Å². The molecule has 158 valence electrons. The van der Waals surface area contributed by atoms with Gasteiger partial charge in [-0.2, -0.15) is 10.2 Å². The van der Waals surface area contributed by atoms with Crippen LogP contribution in [-0.2, 0) is 20.1 Å². The summed E-state index contributed by atoms with van der Waals surface area (Å²) in [5.74, 6) is 0.446. The largest absolute Gasteiger partial charge is 0.345 e. The van der Waals surface area contributed by atoms with Crippen molar-refractivity contribution in [3.8, 4) is 11.3 Å². The zero-order chi connectivity index (χ0) is 22.0. The molecule has 0 saturated heterocycles. The highest BCUT2D eigenvalue weighted by Crippen LogP contribution is 2.23. The highest BCUT2D eigenvalue weighted by atomic mass is 32.1. The lowest BCUT2D eigenvalue weighted by atomic mass is 10.1. The van der Waals surface area contributed by atoms with Gasteiger partial charge in [0.1, 0.15) is 5.69 Å². The summed E-state index contributed by atoms with van der Waals surface area (Å²) in [7, 11) is 1.81. The zero-order valence-electron chi connectivity index (χ0n) is 17.7. The van der Waals surface area contributed by atoms with Crippen LogP contribution in [0.15, 0.2) is 54.7 Å². The molecule has 0 radical (unpaired) electrons. The van der Waals surface area contributed by atoms with Crippen LogP contribution in [0.5, 0.6) is 0 Å². The van der Waals surface area contributed by atoms with E-state index in [1.54, 1.807) is 10.8 Å². The molecule has 4 aromatic rings. The standard InChI is InChI=1S/C23H24N6OS/c1-15-4-8-17(9-5-15)13-29-14-19(21(27-29)18-10-6-16(2)7-11-18)22(30)24-12-20-25-26-23(31)28(20)3/h4-11,14H,12-13H2,1-3H3,(H,24,30)(H,26,31). The van der Waals surface area contributed by atoms with Gasteiger partial charge in [-0.3, -0.25) is 14.6 Å². The normalized spacial score (nSPS) is 10.9. The lowest BCUT2D eigenvalue weighted by molar-refractivity contribution is 0.0950. The fourth-order valence-electron chi connectivity index (χ4n) is 3.27. The first-order valence-electron chi connectivity index (χ1n) is 9.99. The van der Waals surface area contributed by atoms with Crippen LogP contribution >= 0.6 is 12.2 Å². The van der Waals surface area contributed by atoms with Crippen molar-refractivity contribution in [1.82, 2.24) is 29.9 Å². The molecular weight excluding hydrogens is 408 g/mol. The van der Waals surface area contributed by atoms with Gasteiger partial charge >= 0.3 is 0 Å². The van der Waals surface area contributed by atoms with Crippen molar-refractivity contribution in [2.24, 2.45) is 7.05 Å². The molecule has 1 amide bonds. The Bertz CT molecular complexity index is 1260. The minimum absolute atomic E-state index is 0.209. The van der Waals surface area contributed by atoms with Gasteiger partial charge in [0.2, 0.25) is 0 Å². The first kappa shape index (κ1) is 20.7. The molecular formula is C23H24N6OS. The molecule has 4 rings (SSSR count). The average molecular weight is 433 g/mol. The van der Waals surface area contributed by atoms with E-state index in [0.29, 0.717) is 28.4 Å². The van der Waals surface area contributed by atoms with E-state index in [-0.39, 0.29) is 12.5 Å². The smallest absolute Gasteiger partial charge is 0.255 e. The highest BCUT2D eigenvalue weighted by Gasteiger charge is 2.19. The third kappa shape index (κ3) is 4.64. The van der Waals surface area contributed by atoms with Crippen LogP contribution in [0.2, 0.25) is 0 Å². The van der Waals surface area contributed by atoms with Crippen molar-refractivity contribution < 1.29 is 4.79 Å². The first-order valence-corrected chi connectivity index (χ1v) is 10.4. The molecule has 2 aromatic heterocycles. The van der Waals surface area contributed by atoms with Gasteiger partial charge in [-0.05, 0) is 31.6 Å². The lowest BCUT2D eigenvalue weighted by Crippen LogP contribution is -2.24. The molecule has 0 unspecified atom stereocenters. The Kier molecular flexibility index (Phi) is 5.81. The molecule has 7 nitrogen and oxygen atoms in total. The molecule has 31 heavy (non-hydrogen) atoms. The molecule has 0 aliphatic heterocycles. The van der Waals surface area contributed by atoms with Crippen molar-refractivity contribution in [2.75, 3.05) is 0 Å². The van der Waals surface area contributed by atoms with Crippen molar-refractivity contribution in [3.63, 3.8) is 0 Å². The number of H-pyrrole nitrogens is 1. The van der Waals surface area contributed by atoms with Crippen molar-refractivity contribution in [2.45, 2.75) is 26.9 Å². The fraction of sp³-hybridized carbons (Fsp3) is 0.217. The van der Waals surface area contributed by atoms with E-state index in [9.17, 15) is 4.79 Å². The maximum absolute atomic E-state index is 13.1. The van der Waals surface area contributed by atoms with Crippen LogP contribution in [0.4, 0.5) is 0 Å².